The van der Waals surface area contributed by atoms with Crippen LogP contribution in [0.2, 0.25) is 0 Å². The van der Waals surface area contributed by atoms with Crippen molar-refractivity contribution in [3.8, 4) is 0 Å². The third kappa shape index (κ3) is 4.42. The molecular formula is C22H26N4O7S. The first-order valence-corrected chi connectivity index (χ1v) is 12.1. The van der Waals surface area contributed by atoms with E-state index in [-0.39, 0.29) is 22.6 Å². The van der Waals surface area contributed by atoms with E-state index in [1.54, 1.807) is 26.8 Å². The lowest BCUT2D eigenvalue weighted by atomic mass is 9.90. The van der Waals surface area contributed by atoms with E-state index in [0.29, 0.717) is 30.6 Å². The van der Waals surface area contributed by atoms with Gasteiger partial charge in [-0.15, -0.1) is 0 Å². The van der Waals surface area contributed by atoms with Gasteiger partial charge in [0, 0.05) is 24.4 Å². The predicted octanol–water partition coefficient (Wildman–Crippen LogP) is 0.284. The van der Waals surface area contributed by atoms with Crippen LogP contribution >= 0.6 is 0 Å². The average molecular weight is 491 g/mol. The molecule has 4 rings (SSSR count). The summed E-state index contributed by atoms with van der Waals surface area (Å²) in [6.07, 6.45) is 1.23. The molecule has 182 valence electrons. The summed E-state index contributed by atoms with van der Waals surface area (Å²) in [7, 11) is -1.71. The number of nitrogens with zero attached hydrogens (tertiary/aromatic N) is 1. The number of pyridine rings is 1. The van der Waals surface area contributed by atoms with Crippen LogP contribution in [0, 0.1) is 0 Å². The maximum Gasteiger partial charge on any atom is 0.408 e. The van der Waals surface area contributed by atoms with E-state index in [1.807, 2.05) is 0 Å². The molecular weight excluding hydrogens is 464 g/mol. The van der Waals surface area contributed by atoms with E-state index in [0.717, 1.165) is 10.5 Å². The van der Waals surface area contributed by atoms with Crippen molar-refractivity contribution in [3.63, 3.8) is 0 Å². The van der Waals surface area contributed by atoms with E-state index in [4.69, 9.17) is 4.74 Å². The van der Waals surface area contributed by atoms with E-state index >= 15 is 0 Å². The van der Waals surface area contributed by atoms with Crippen LogP contribution in [0.25, 0.3) is 5.57 Å². The third-order valence-electron chi connectivity index (χ3n) is 5.66. The highest BCUT2D eigenvalue weighted by atomic mass is 32.2. The number of allylic oxidation sites excluding steroid dienone is 1. The number of hydrogen-bond donors (Lipinski definition) is 4. The number of carbonyl (C=O) groups excluding carboxylic acids is 2. The van der Waals surface area contributed by atoms with Gasteiger partial charge in [0.2, 0.25) is 5.56 Å². The Labute approximate surface area is 197 Å². The number of carboxylic acids is 1. The zero-order chi connectivity index (χ0) is 24.8. The zero-order valence-electron chi connectivity index (χ0n) is 19.0. The largest absolute Gasteiger partial charge is 0.477 e. The van der Waals surface area contributed by atoms with Crippen molar-refractivity contribution in [1.82, 2.24) is 20.5 Å². The topological polar surface area (TPSA) is 158 Å². The second kappa shape index (κ2) is 8.84. The molecule has 4 N–H and O–H groups in total. The molecule has 0 radical (unpaired) electrons. The van der Waals surface area contributed by atoms with Gasteiger partial charge in [0.1, 0.15) is 22.7 Å². The van der Waals surface area contributed by atoms with Crippen molar-refractivity contribution in [2.45, 2.75) is 44.2 Å². The van der Waals surface area contributed by atoms with Crippen LogP contribution in [0.1, 0.15) is 32.8 Å². The van der Waals surface area contributed by atoms with Crippen LogP contribution in [0.15, 0.2) is 40.0 Å². The summed E-state index contributed by atoms with van der Waals surface area (Å²) in [5.74, 6) is -2.18. The Morgan fingerprint density at radius 3 is 2.62 bits per heavy atom. The maximum atomic E-state index is 13.3. The van der Waals surface area contributed by atoms with Crippen molar-refractivity contribution < 1.29 is 28.4 Å². The van der Waals surface area contributed by atoms with Gasteiger partial charge in [0.25, 0.3) is 5.91 Å². The van der Waals surface area contributed by atoms with Crippen LogP contribution in [0.4, 0.5) is 4.79 Å². The Bertz CT molecular complexity index is 1200. The number of aromatic nitrogens is 1. The van der Waals surface area contributed by atoms with Gasteiger partial charge in [-0.25, -0.2) is 9.59 Å². The standard InChI is InChI=1S/C22H26N4O7S/c1-22(2,3)33-21(31)25-16-18(28)26-17(20(29)30)13(10-34(32)19(16)26)15(12-4-6-23-9-12)11-5-7-24-14(27)8-11/h5,7-8,16,19,23H,4,6,9-10H2,1-3H3,(H,24,27)(H,25,31)(H,29,30)/b15-12+/t16-,19-,34+/m1/s1. The SMILES string of the molecule is CC(C)(C)OC(=O)N[C@@H]1C(=O)N2C(C(=O)O)=C(/C(=C3\CCNC3)c3cc[nH]c(=O)c3)C[S@](=O)[C@H]12. The minimum Gasteiger partial charge on any atom is -0.477 e. The number of H-pyrrole nitrogens is 1. The summed E-state index contributed by atoms with van der Waals surface area (Å²) in [5, 5.41) is 14.7. The third-order valence-corrected chi connectivity index (χ3v) is 7.26. The molecule has 0 saturated carbocycles. The number of alkyl carbamates (subject to hydrolysis) is 1. The number of fused-ring (bicyclic) bond motifs is 1. The first kappa shape index (κ1) is 23.9. The summed E-state index contributed by atoms with van der Waals surface area (Å²) in [5.41, 5.74) is 0.647. The fraction of sp³-hybridized carbons (Fsp3) is 0.455. The summed E-state index contributed by atoms with van der Waals surface area (Å²) in [6, 6.07) is 1.84. The first-order valence-electron chi connectivity index (χ1n) is 10.8. The van der Waals surface area contributed by atoms with Gasteiger partial charge in [-0.2, -0.15) is 0 Å². The number of carboxylic acid groups (broad SMARTS) is 1. The molecule has 0 spiro atoms. The normalized spacial score (nSPS) is 26.0. The van der Waals surface area contributed by atoms with Gasteiger partial charge in [0.15, 0.2) is 0 Å². The van der Waals surface area contributed by atoms with Gasteiger partial charge in [-0.1, -0.05) is 0 Å². The molecule has 4 heterocycles. The molecule has 11 nitrogen and oxygen atoms in total. The highest BCUT2D eigenvalue weighted by Gasteiger charge is 2.58. The quantitative estimate of drug-likeness (QED) is 0.438. The molecule has 2 amide bonds. The molecule has 34 heavy (non-hydrogen) atoms. The Morgan fingerprint density at radius 2 is 2.03 bits per heavy atom. The number of amides is 2. The van der Waals surface area contributed by atoms with Gasteiger partial charge in [0.05, 0.1) is 16.6 Å². The van der Waals surface area contributed by atoms with Crippen molar-refractivity contribution in [3.05, 3.63) is 51.1 Å². The first-order chi connectivity index (χ1) is 16.0. The predicted molar refractivity (Wildman–Crippen MR) is 123 cm³/mol. The minimum absolute atomic E-state index is 0.145. The summed E-state index contributed by atoms with van der Waals surface area (Å²) in [4.78, 5) is 53.0. The number of aliphatic carboxylic acids is 1. The number of carbonyl (C=O) groups is 3. The van der Waals surface area contributed by atoms with Gasteiger partial charge < -0.3 is 25.5 Å². The monoisotopic (exact) mass is 490 g/mol. The van der Waals surface area contributed by atoms with E-state index in [2.05, 4.69) is 15.6 Å². The minimum atomic E-state index is -1.71. The van der Waals surface area contributed by atoms with E-state index < -0.39 is 45.8 Å². The molecule has 2 fully saturated rings. The molecule has 1 aromatic heterocycles. The highest BCUT2D eigenvalue weighted by molar-refractivity contribution is 7.86. The van der Waals surface area contributed by atoms with Crippen LogP contribution in [-0.4, -0.2) is 73.0 Å². The van der Waals surface area contributed by atoms with Crippen LogP contribution < -0.4 is 16.2 Å². The van der Waals surface area contributed by atoms with Gasteiger partial charge in [-0.3, -0.25) is 18.7 Å². The number of nitrogens with one attached hydrogen (secondary N) is 3. The molecule has 3 aliphatic heterocycles. The fourth-order valence-electron chi connectivity index (χ4n) is 4.37. The summed E-state index contributed by atoms with van der Waals surface area (Å²) < 4.78 is 18.4. The fourth-order valence-corrected chi connectivity index (χ4v) is 6.04. The lowest BCUT2D eigenvalue weighted by Gasteiger charge is -2.49. The Hall–Kier alpha value is -3.25. The molecule has 0 aliphatic carbocycles. The molecule has 0 bridgehead atoms. The van der Waals surface area contributed by atoms with E-state index in [9.17, 15) is 28.5 Å². The number of rotatable bonds is 4. The van der Waals surface area contributed by atoms with Crippen molar-refractivity contribution in [2.75, 3.05) is 18.8 Å². The molecule has 1 aromatic rings. The number of aromatic amines is 1. The molecule has 0 unspecified atom stereocenters. The molecule has 0 aromatic carbocycles. The number of ether oxygens (including phenoxy) is 1. The second-order valence-corrected chi connectivity index (χ2v) is 10.8. The van der Waals surface area contributed by atoms with Crippen molar-refractivity contribution in [1.29, 1.82) is 0 Å². The van der Waals surface area contributed by atoms with Gasteiger partial charge >= 0.3 is 12.1 Å². The maximum absolute atomic E-state index is 13.3. The summed E-state index contributed by atoms with van der Waals surface area (Å²) >= 11 is 0. The Kier molecular flexibility index (Phi) is 6.21. The highest BCUT2D eigenvalue weighted by Crippen LogP contribution is 2.41. The van der Waals surface area contributed by atoms with Crippen LogP contribution in [0.5, 0.6) is 0 Å². The van der Waals surface area contributed by atoms with Crippen LogP contribution in [-0.2, 0) is 25.1 Å². The smallest absolute Gasteiger partial charge is 0.408 e. The molecule has 12 heteroatoms. The van der Waals surface area contributed by atoms with Crippen LogP contribution in [0.3, 0.4) is 0 Å². The molecule has 2 saturated heterocycles. The molecule has 3 aliphatic rings. The Morgan fingerprint density at radius 1 is 1.29 bits per heavy atom. The van der Waals surface area contributed by atoms with E-state index in [1.165, 1.54) is 12.3 Å². The van der Waals surface area contributed by atoms with Gasteiger partial charge in [-0.05, 0) is 56.5 Å². The number of hydrogen-bond acceptors (Lipinski definition) is 7. The number of β-lactam (4-membered cyclic amide) rings is 1. The zero-order valence-corrected chi connectivity index (χ0v) is 19.8. The summed E-state index contributed by atoms with van der Waals surface area (Å²) in [6.45, 7) is 6.15. The lowest BCUT2D eigenvalue weighted by molar-refractivity contribution is -0.149. The van der Waals surface area contributed by atoms with Crippen molar-refractivity contribution in [2.24, 2.45) is 0 Å². The Balaban J connectivity index is 1.76. The lowest BCUT2D eigenvalue weighted by Crippen LogP contribution is -2.73. The molecule has 3 atom stereocenters. The average Bonchev–Trinajstić information content (AvgIpc) is 3.25. The van der Waals surface area contributed by atoms with Crippen molar-refractivity contribution >= 4 is 34.3 Å². The second-order valence-electron chi connectivity index (χ2n) is 9.23.